The van der Waals surface area contributed by atoms with E-state index in [1.165, 1.54) is 0 Å². The number of nitrogens with zero attached hydrogens (tertiary/aromatic N) is 1. The Kier molecular flexibility index (Phi) is 10.3. The van der Waals surface area contributed by atoms with Crippen molar-refractivity contribution >= 4 is 44.6 Å². The Hall–Kier alpha value is -1.51. The number of fused-ring (bicyclic) bond motifs is 1. The first kappa shape index (κ1) is 28.5. The molecule has 2 heterocycles. The molecule has 1 aromatic carbocycles. The normalized spacial score (nSPS) is 21.3. The van der Waals surface area contributed by atoms with Crippen LogP contribution in [0.5, 0.6) is 0 Å². The van der Waals surface area contributed by atoms with E-state index in [-0.39, 0.29) is 68.6 Å². The van der Waals surface area contributed by atoms with Gasteiger partial charge in [0.05, 0.1) is 6.10 Å². The maximum atomic E-state index is 13.4. The van der Waals surface area contributed by atoms with Crippen LogP contribution in [-0.4, -0.2) is 53.8 Å². The molecule has 8 heteroatoms. The highest BCUT2D eigenvalue weighted by Crippen LogP contribution is 2.27. The predicted molar refractivity (Wildman–Crippen MR) is 136 cm³/mol. The molecule has 0 unspecified atom stereocenters. The number of carbonyl (C=O) groups is 3. The third kappa shape index (κ3) is 6.51. The van der Waals surface area contributed by atoms with Gasteiger partial charge in [0.25, 0.3) is 5.91 Å². The lowest BCUT2D eigenvalue weighted by molar-refractivity contribution is -0.142. The number of nitrogens with one attached hydrogen (secondary N) is 1. The highest BCUT2D eigenvalue weighted by Gasteiger charge is 2.45. The van der Waals surface area contributed by atoms with E-state index >= 15 is 0 Å². The first-order chi connectivity index (χ1) is 14.1. The molecule has 1 aromatic rings. The topological polar surface area (TPSA) is 75.7 Å². The van der Waals surface area contributed by atoms with E-state index in [1.807, 2.05) is 26.0 Å². The van der Waals surface area contributed by atoms with Gasteiger partial charge < -0.3 is 15.0 Å². The lowest BCUT2D eigenvalue weighted by atomic mass is 9.86. The molecule has 2 saturated heterocycles. The molecule has 1 N–H and O–H groups in total. The fourth-order valence-corrected chi connectivity index (χ4v) is 4.29. The minimum absolute atomic E-state index is 0. The number of ketones is 1. The summed E-state index contributed by atoms with van der Waals surface area (Å²) in [6, 6.07) is 6.35. The third-order valence-electron chi connectivity index (χ3n) is 5.95. The molecule has 0 bridgehead atoms. The summed E-state index contributed by atoms with van der Waals surface area (Å²) in [5.74, 6) is -0.270. The van der Waals surface area contributed by atoms with Gasteiger partial charge in [-0.25, -0.2) is 0 Å². The molecule has 0 aromatic heterocycles. The van der Waals surface area contributed by atoms with Gasteiger partial charge in [0.1, 0.15) is 18.7 Å². The first-order valence-corrected chi connectivity index (χ1v) is 10.9. The number of hydrogen-bond acceptors (Lipinski definition) is 4. The van der Waals surface area contributed by atoms with Gasteiger partial charge in [0, 0.05) is 12.1 Å². The maximum Gasteiger partial charge on any atom is 0.251 e. The van der Waals surface area contributed by atoms with Gasteiger partial charge in [-0.2, -0.15) is 27.0 Å². The molecule has 2 fully saturated rings. The molecule has 3 atom stereocenters. The van der Waals surface area contributed by atoms with E-state index in [0.29, 0.717) is 18.5 Å². The lowest BCUT2D eigenvalue weighted by Gasteiger charge is -2.37. The second-order valence-corrected chi connectivity index (χ2v) is 9.92. The second kappa shape index (κ2) is 11.6. The number of amides is 2. The standard InChI is InChI=1S/C24H34N2O4.2H2S/c1-15(2)13-18(23(29)26-12-6-7-20-21(26)19(27)14-30-20)25-22(28)16-8-10-17(11-9-16)24(3,4)5;;/h8-11,15,18,20-21H,6-7,12-14H2,1-5H3,(H,25,28);2*1H2/t18-,20+,21+;;/m0../s1. The van der Waals surface area contributed by atoms with Crippen LogP contribution in [0, 0.1) is 5.92 Å². The van der Waals surface area contributed by atoms with E-state index in [9.17, 15) is 14.4 Å². The summed E-state index contributed by atoms with van der Waals surface area (Å²) >= 11 is 0. The first-order valence-electron chi connectivity index (χ1n) is 10.9. The highest BCUT2D eigenvalue weighted by molar-refractivity contribution is 7.59. The van der Waals surface area contributed by atoms with Gasteiger partial charge >= 0.3 is 0 Å². The van der Waals surface area contributed by atoms with Crippen molar-refractivity contribution in [1.29, 1.82) is 0 Å². The summed E-state index contributed by atoms with van der Waals surface area (Å²) in [5, 5.41) is 2.93. The van der Waals surface area contributed by atoms with Crippen molar-refractivity contribution in [3.05, 3.63) is 35.4 Å². The van der Waals surface area contributed by atoms with Crippen molar-refractivity contribution in [3.8, 4) is 0 Å². The Labute approximate surface area is 205 Å². The number of rotatable bonds is 5. The van der Waals surface area contributed by atoms with E-state index < -0.39 is 12.1 Å². The molecule has 3 rings (SSSR count). The molecular formula is C24H38N2O4S2. The van der Waals surface area contributed by atoms with E-state index in [0.717, 1.165) is 18.4 Å². The van der Waals surface area contributed by atoms with Crippen LogP contribution >= 0.6 is 27.0 Å². The summed E-state index contributed by atoms with van der Waals surface area (Å²) in [6.07, 6.45) is 1.90. The van der Waals surface area contributed by atoms with Crippen molar-refractivity contribution in [1.82, 2.24) is 10.2 Å². The van der Waals surface area contributed by atoms with Crippen molar-refractivity contribution in [2.45, 2.75) is 77.5 Å². The number of Topliss-reactive ketones (excluding diaryl/α,β-unsaturated/α-hetero) is 1. The van der Waals surface area contributed by atoms with E-state index in [1.54, 1.807) is 17.0 Å². The molecule has 2 amide bonds. The zero-order valence-corrected chi connectivity index (χ0v) is 21.7. The summed E-state index contributed by atoms with van der Waals surface area (Å²) in [7, 11) is 0. The van der Waals surface area contributed by atoms with Gasteiger partial charge in [-0.3, -0.25) is 14.4 Å². The number of piperidine rings is 1. The van der Waals surface area contributed by atoms with Crippen molar-refractivity contribution in [3.63, 3.8) is 0 Å². The number of ether oxygens (including phenoxy) is 1. The summed E-state index contributed by atoms with van der Waals surface area (Å²) in [4.78, 5) is 40.2. The van der Waals surface area contributed by atoms with E-state index in [4.69, 9.17) is 4.74 Å². The summed E-state index contributed by atoms with van der Waals surface area (Å²) in [5.41, 5.74) is 1.68. The van der Waals surface area contributed by atoms with Crippen LogP contribution in [-0.2, 0) is 19.7 Å². The Bertz CT molecular complexity index is 805. The van der Waals surface area contributed by atoms with Crippen LogP contribution in [0.25, 0.3) is 0 Å². The molecule has 6 nitrogen and oxygen atoms in total. The zero-order valence-electron chi connectivity index (χ0n) is 19.7. The third-order valence-corrected chi connectivity index (χ3v) is 5.95. The molecule has 0 radical (unpaired) electrons. The van der Waals surface area contributed by atoms with Crippen LogP contribution in [0.4, 0.5) is 0 Å². The number of hydrogen-bond donors (Lipinski definition) is 1. The van der Waals surface area contributed by atoms with Gasteiger partial charge in [0.15, 0.2) is 5.78 Å². The number of carbonyl (C=O) groups excluding carboxylic acids is 3. The monoisotopic (exact) mass is 482 g/mol. The van der Waals surface area contributed by atoms with Crippen molar-refractivity contribution < 1.29 is 19.1 Å². The molecular weight excluding hydrogens is 444 g/mol. The minimum Gasteiger partial charge on any atom is -0.368 e. The molecule has 2 aliphatic rings. The minimum atomic E-state index is -0.660. The van der Waals surface area contributed by atoms with Gasteiger partial charge in [0.2, 0.25) is 5.91 Å². The van der Waals surface area contributed by atoms with Crippen LogP contribution < -0.4 is 5.32 Å². The molecule has 0 saturated carbocycles. The Morgan fingerprint density at radius 2 is 1.78 bits per heavy atom. The average Bonchev–Trinajstić information content (AvgIpc) is 3.07. The maximum absolute atomic E-state index is 13.4. The smallest absolute Gasteiger partial charge is 0.251 e. The summed E-state index contributed by atoms with van der Waals surface area (Å²) < 4.78 is 5.57. The van der Waals surface area contributed by atoms with Gasteiger partial charge in [-0.15, -0.1) is 0 Å². The quantitative estimate of drug-likeness (QED) is 0.699. The zero-order chi connectivity index (χ0) is 22.1. The van der Waals surface area contributed by atoms with Gasteiger partial charge in [-0.05, 0) is 48.3 Å². The molecule has 0 aliphatic carbocycles. The SMILES string of the molecule is CC(C)C[C@H](NC(=O)c1ccc(C(C)(C)C)cc1)C(=O)N1CCC[C@H]2OCC(=O)[C@H]21.S.S. The van der Waals surface area contributed by atoms with Crippen LogP contribution in [0.1, 0.15) is 69.8 Å². The van der Waals surface area contributed by atoms with Crippen molar-refractivity contribution in [2.75, 3.05) is 13.2 Å². The Balaban J connectivity index is 0.00000256. The predicted octanol–water partition coefficient (Wildman–Crippen LogP) is 3.31. The summed E-state index contributed by atoms with van der Waals surface area (Å²) in [6.45, 7) is 11.0. The molecule has 180 valence electrons. The van der Waals surface area contributed by atoms with Crippen molar-refractivity contribution in [2.24, 2.45) is 5.92 Å². The molecule has 32 heavy (non-hydrogen) atoms. The molecule has 2 aliphatic heterocycles. The fraction of sp³-hybridized carbons (Fsp3) is 0.625. The van der Waals surface area contributed by atoms with Crippen LogP contribution in [0.15, 0.2) is 24.3 Å². The molecule has 0 spiro atoms. The number of likely N-dealkylation sites (tertiary alicyclic amines) is 1. The lowest BCUT2D eigenvalue weighted by Crippen LogP contribution is -2.58. The average molecular weight is 483 g/mol. The van der Waals surface area contributed by atoms with Crippen LogP contribution in [0.3, 0.4) is 0 Å². The van der Waals surface area contributed by atoms with E-state index in [2.05, 4.69) is 26.1 Å². The highest BCUT2D eigenvalue weighted by atomic mass is 32.1. The number of benzene rings is 1. The Morgan fingerprint density at radius 1 is 1.16 bits per heavy atom. The Morgan fingerprint density at radius 3 is 2.34 bits per heavy atom. The second-order valence-electron chi connectivity index (χ2n) is 9.92. The fourth-order valence-electron chi connectivity index (χ4n) is 4.29. The van der Waals surface area contributed by atoms with Gasteiger partial charge in [-0.1, -0.05) is 46.8 Å². The van der Waals surface area contributed by atoms with Crippen LogP contribution in [0.2, 0.25) is 0 Å². The largest absolute Gasteiger partial charge is 0.368 e.